The molecule has 6 nitrogen and oxygen atoms in total. The molecule has 1 atom stereocenters. The number of piperidine rings is 1. The predicted octanol–water partition coefficient (Wildman–Crippen LogP) is 4.84. The molecular weight excluding hydrogens is 515 g/mol. The molecule has 0 N–H and O–H groups in total. The van der Waals surface area contributed by atoms with E-state index in [-0.39, 0.29) is 51.3 Å². The van der Waals surface area contributed by atoms with Gasteiger partial charge < -0.3 is 19.4 Å². The van der Waals surface area contributed by atoms with Crippen molar-refractivity contribution in [1.29, 1.82) is 0 Å². The lowest BCUT2D eigenvalue weighted by molar-refractivity contribution is -0.129. The second-order valence-corrected chi connectivity index (χ2v) is 9.48. The largest absolute Gasteiger partial charge is 0.448 e. The van der Waals surface area contributed by atoms with E-state index in [1.54, 1.807) is 16.7 Å². The van der Waals surface area contributed by atoms with Gasteiger partial charge in [0.1, 0.15) is 11.8 Å². The summed E-state index contributed by atoms with van der Waals surface area (Å²) in [7, 11) is 0. The Labute approximate surface area is 197 Å². The van der Waals surface area contributed by atoms with Crippen LogP contribution in [0.25, 0.3) is 0 Å². The summed E-state index contributed by atoms with van der Waals surface area (Å²) < 4.78 is 46.1. The lowest BCUT2D eigenvalue weighted by Gasteiger charge is -2.37. The number of halogens is 5. The van der Waals surface area contributed by atoms with Crippen molar-refractivity contribution in [2.75, 3.05) is 26.2 Å². The van der Waals surface area contributed by atoms with Gasteiger partial charge in [-0.2, -0.15) is 13.2 Å². The molecule has 0 saturated carbocycles. The lowest BCUT2D eigenvalue weighted by Crippen LogP contribution is -2.48. The number of carbonyl (C=O) groups excluding carboxylic acids is 2. The molecule has 4 rings (SSSR count). The summed E-state index contributed by atoms with van der Waals surface area (Å²) in [6.07, 6.45) is 0.515. The number of ether oxygens (including phenoxy) is 1. The topological polar surface area (TPSA) is 53.1 Å². The van der Waals surface area contributed by atoms with E-state index in [0.717, 1.165) is 6.08 Å². The van der Waals surface area contributed by atoms with Crippen molar-refractivity contribution in [3.63, 3.8) is 0 Å². The van der Waals surface area contributed by atoms with Crippen LogP contribution in [0.1, 0.15) is 26.2 Å². The van der Waals surface area contributed by atoms with E-state index in [0.29, 0.717) is 39.1 Å². The van der Waals surface area contributed by atoms with Crippen molar-refractivity contribution in [2.24, 2.45) is 5.92 Å². The maximum absolute atomic E-state index is 13.6. The zero-order chi connectivity index (χ0) is 23.2. The average molecular weight is 537 g/mol. The number of hydrogen-bond donors (Lipinski definition) is 0. The maximum Gasteiger partial charge on any atom is 0.418 e. The van der Waals surface area contributed by atoms with Crippen LogP contribution in [0.15, 0.2) is 44.8 Å². The highest BCUT2D eigenvalue weighted by atomic mass is 79.9. The number of alkyl halides is 3. The Morgan fingerprint density at radius 2 is 1.94 bits per heavy atom. The van der Waals surface area contributed by atoms with Crippen molar-refractivity contribution >= 4 is 39.5 Å². The van der Waals surface area contributed by atoms with Gasteiger partial charge in [0.05, 0.1) is 23.4 Å². The molecule has 0 aromatic carbocycles. The van der Waals surface area contributed by atoms with Gasteiger partial charge >= 0.3 is 12.3 Å². The number of fused-ring (bicyclic) bond motifs is 1. The number of allylic oxidation sites excluding steroid dienone is 4. The summed E-state index contributed by atoms with van der Waals surface area (Å²) >= 11 is 9.71. The molecule has 174 valence electrons. The van der Waals surface area contributed by atoms with Crippen LogP contribution in [-0.2, 0) is 9.53 Å². The summed E-state index contributed by atoms with van der Waals surface area (Å²) in [6, 6.07) is 0.0128. The second-order valence-electron chi connectivity index (χ2n) is 8.20. The molecule has 11 heteroatoms. The molecule has 4 aliphatic rings. The molecule has 0 bridgehead atoms. The molecule has 32 heavy (non-hydrogen) atoms. The number of nitrogens with zero attached hydrogens (tertiary/aromatic N) is 3. The highest BCUT2D eigenvalue weighted by molar-refractivity contribution is 9.11. The van der Waals surface area contributed by atoms with Crippen LogP contribution in [0.5, 0.6) is 0 Å². The molecule has 2 saturated heterocycles. The van der Waals surface area contributed by atoms with Crippen molar-refractivity contribution < 1.29 is 27.5 Å². The molecular formula is C21H22BrClF3N3O3. The molecule has 0 spiro atoms. The minimum atomic E-state index is -4.56. The third kappa shape index (κ3) is 4.31. The molecule has 0 radical (unpaired) electrons. The van der Waals surface area contributed by atoms with Gasteiger partial charge in [-0.05, 0) is 47.2 Å². The Morgan fingerprint density at radius 1 is 1.25 bits per heavy atom. The molecule has 0 aromatic heterocycles. The summed E-state index contributed by atoms with van der Waals surface area (Å²) in [5.74, 6) is -0.645. The lowest BCUT2D eigenvalue weighted by atomic mass is 9.95. The highest BCUT2D eigenvalue weighted by Crippen LogP contribution is 2.44. The van der Waals surface area contributed by atoms with Crippen LogP contribution >= 0.6 is 27.5 Å². The summed E-state index contributed by atoms with van der Waals surface area (Å²) in [6.45, 7) is 3.57. The number of rotatable bonds is 2. The Hall–Kier alpha value is -1.94. The van der Waals surface area contributed by atoms with Crippen LogP contribution in [-0.4, -0.2) is 65.2 Å². The average Bonchev–Trinajstić information content (AvgIpc) is 3.12. The predicted molar refractivity (Wildman–Crippen MR) is 115 cm³/mol. The van der Waals surface area contributed by atoms with E-state index >= 15 is 0 Å². The van der Waals surface area contributed by atoms with Gasteiger partial charge in [-0.3, -0.25) is 4.79 Å². The van der Waals surface area contributed by atoms with Gasteiger partial charge in [0.2, 0.25) is 0 Å². The van der Waals surface area contributed by atoms with Crippen molar-refractivity contribution in [2.45, 2.75) is 38.4 Å². The fourth-order valence-corrected chi connectivity index (χ4v) is 5.34. The minimum Gasteiger partial charge on any atom is -0.448 e. The molecule has 0 aliphatic carbocycles. The normalized spacial score (nSPS) is 25.2. The minimum absolute atomic E-state index is 0.0128. The first-order valence-electron chi connectivity index (χ1n) is 10.4. The zero-order valence-electron chi connectivity index (χ0n) is 17.3. The molecule has 2 fully saturated rings. The fraction of sp³-hybridized carbons (Fsp3) is 0.524. The summed E-state index contributed by atoms with van der Waals surface area (Å²) in [5.41, 5.74) is -0.604. The van der Waals surface area contributed by atoms with Gasteiger partial charge in [-0.15, -0.1) is 0 Å². The monoisotopic (exact) mass is 535 g/mol. The molecule has 4 heterocycles. The van der Waals surface area contributed by atoms with E-state index in [4.69, 9.17) is 16.3 Å². The quantitative estimate of drug-likeness (QED) is 0.474. The smallest absolute Gasteiger partial charge is 0.418 e. The molecule has 4 aliphatic heterocycles. The van der Waals surface area contributed by atoms with Crippen molar-refractivity contribution in [3.05, 3.63) is 44.8 Å². The number of carbonyl (C=O) groups is 2. The van der Waals surface area contributed by atoms with Crippen LogP contribution in [0.2, 0.25) is 0 Å². The van der Waals surface area contributed by atoms with Crippen molar-refractivity contribution in [1.82, 2.24) is 14.7 Å². The van der Waals surface area contributed by atoms with Gasteiger partial charge in [-0.1, -0.05) is 24.6 Å². The van der Waals surface area contributed by atoms with E-state index in [1.165, 1.54) is 17.2 Å². The SMILES string of the molecule is CC1CC=C2C(C(F)(F)F)=CC(Br)=CN2C(Cl)=C1C(=O)N1CCC(N2CCOC2=O)CC1. The first-order chi connectivity index (χ1) is 15.1. The van der Waals surface area contributed by atoms with Crippen LogP contribution in [0.3, 0.4) is 0 Å². The van der Waals surface area contributed by atoms with E-state index in [9.17, 15) is 22.8 Å². The third-order valence-electron chi connectivity index (χ3n) is 6.18. The van der Waals surface area contributed by atoms with Crippen molar-refractivity contribution in [3.8, 4) is 0 Å². The number of cyclic esters (lactones) is 1. The zero-order valence-corrected chi connectivity index (χ0v) is 19.6. The van der Waals surface area contributed by atoms with Gasteiger partial charge in [0.25, 0.3) is 5.91 Å². The summed E-state index contributed by atoms with van der Waals surface area (Å²) in [4.78, 5) is 29.8. The second kappa shape index (κ2) is 8.78. The Morgan fingerprint density at radius 3 is 2.53 bits per heavy atom. The molecule has 0 aromatic rings. The van der Waals surface area contributed by atoms with Gasteiger partial charge in [-0.25, -0.2) is 4.79 Å². The van der Waals surface area contributed by atoms with Crippen LogP contribution in [0.4, 0.5) is 18.0 Å². The van der Waals surface area contributed by atoms with E-state index < -0.39 is 11.7 Å². The summed E-state index contributed by atoms with van der Waals surface area (Å²) in [5, 5.41) is -0.0247. The van der Waals surface area contributed by atoms with Crippen LogP contribution in [0, 0.1) is 5.92 Å². The van der Waals surface area contributed by atoms with Crippen LogP contribution < -0.4 is 0 Å². The fourth-order valence-electron chi connectivity index (χ4n) is 4.50. The maximum atomic E-state index is 13.6. The Bertz CT molecular complexity index is 952. The van der Waals surface area contributed by atoms with Gasteiger partial charge in [0.15, 0.2) is 0 Å². The standard InChI is InChI=1S/C21H22BrClF3N3O3/c1-12-2-3-16-15(21(24,25)26)10-13(22)11-29(16)18(23)17(12)19(30)27-6-4-14(5-7-27)28-8-9-32-20(28)31/h3,10-12,14H,2,4-9H2,1H3. The molecule has 2 amide bonds. The first-order valence-corrected chi connectivity index (χ1v) is 11.5. The molecule has 1 unspecified atom stereocenters. The Balaban J connectivity index is 1.56. The highest BCUT2D eigenvalue weighted by Gasteiger charge is 2.42. The first kappa shape index (κ1) is 23.2. The van der Waals surface area contributed by atoms with E-state index in [1.807, 2.05) is 0 Å². The number of likely N-dealkylation sites (tertiary alicyclic amines) is 1. The van der Waals surface area contributed by atoms with E-state index in [2.05, 4.69) is 15.9 Å². The third-order valence-corrected chi connectivity index (χ3v) is 7.00. The Kier molecular flexibility index (Phi) is 6.37. The number of amides is 2. The number of hydrogen-bond acceptors (Lipinski definition) is 4. The van der Waals surface area contributed by atoms with Gasteiger partial charge in [0, 0.05) is 29.8 Å².